The zero-order chi connectivity index (χ0) is 13.1. The lowest BCUT2D eigenvalue weighted by molar-refractivity contribution is 1.03. The summed E-state index contributed by atoms with van der Waals surface area (Å²) >= 11 is 6.48. The van der Waals surface area contributed by atoms with E-state index < -0.39 is 0 Å². The number of rotatable bonds is 2. The van der Waals surface area contributed by atoms with Crippen LogP contribution in [0.15, 0.2) is 77.8 Å². The Labute approximate surface area is 119 Å². The van der Waals surface area contributed by atoms with Crippen molar-refractivity contribution in [2.75, 3.05) is 0 Å². The van der Waals surface area contributed by atoms with Gasteiger partial charge in [0.05, 0.1) is 0 Å². The quantitative estimate of drug-likeness (QED) is 0.684. The smallest absolute Gasteiger partial charge is 0.0447 e. The summed E-state index contributed by atoms with van der Waals surface area (Å²) in [6, 6.07) is 20.9. The van der Waals surface area contributed by atoms with E-state index in [9.17, 15) is 0 Å². The van der Waals surface area contributed by atoms with Crippen LogP contribution in [0.2, 0.25) is 0 Å². The Morgan fingerprint density at radius 1 is 0.789 bits per heavy atom. The summed E-state index contributed by atoms with van der Waals surface area (Å²) in [5.74, 6) is 0.166. The molecule has 0 N–H and O–H groups in total. The minimum absolute atomic E-state index is 0.166. The molecule has 0 nitrogen and oxygen atoms in total. The Balaban J connectivity index is 2.06. The van der Waals surface area contributed by atoms with Gasteiger partial charge in [-0.2, -0.15) is 0 Å². The van der Waals surface area contributed by atoms with Gasteiger partial charge in [-0.1, -0.05) is 84.4 Å². The summed E-state index contributed by atoms with van der Waals surface area (Å²) < 4.78 is 0. The molecule has 1 aliphatic carbocycles. The third kappa shape index (κ3) is 2.50. The lowest BCUT2D eigenvalue weighted by atomic mass is 9.83. The van der Waals surface area contributed by atoms with Gasteiger partial charge in [0.15, 0.2) is 0 Å². The van der Waals surface area contributed by atoms with Gasteiger partial charge in [-0.25, -0.2) is 0 Å². The molecule has 1 heteroatoms. The number of hydrogen-bond donors (Lipinski definition) is 0. The van der Waals surface area contributed by atoms with Crippen LogP contribution in [0.3, 0.4) is 0 Å². The van der Waals surface area contributed by atoms with E-state index in [0.717, 1.165) is 11.5 Å². The predicted octanol–water partition coefficient (Wildman–Crippen LogP) is 5.38. The van der Waals surface area contributed by atoms with Gasteiger partial charge >= 0.3 is 0 Å². The SMILES string of the molecule is ClC1=CCC=C(c2ccccc2)C1c1ccccc1. The molecular formula is C18H15Cl. The highest BCUT2D eigenvalue weighted by atomic mass is 35.5. The van der Waals surface area contributed by atoms with Crippen molar-refractivity contribution in [2.24, 2.45) is 0 Å². The zero-order valence-electron chi connectivity index (χ0n) is 10.6. The molecule has 0 heterocycles. The highest BCUT2D eigenvalue weighted by Gasteiger charge is 2.23. The second kappa shape index (κ2) is 5.46. The number of halogens is 1. The summed E-state index contributed by atoms with van der Waals surface area (Å²) in [4.78, 5) is 0. The lowest BCUT2D eigenvalue weighted by Crippen LogP contribution is -2.05. The van der Waals surface area contributed by atoms with E-state index in [-0.39, 0.29) is 5.92 Å². The van der Waals surface area contributed by atoms with E-state index >= 15 is 0 Å². The molecule has 1 atom stereocenters. The predicted molar refractivity (Wildman–Crippen MR) is 82.2 cm³/mol. The molecule has 0 amide bonds. The molecule has 0 fully saturated rings. The van der Waals surface area contributed by atoms with Crippen LogP contribution in [0.5, 0.6) is 0 Å². The second-order valence-electron chi connectivity index (χ2n) is 4.69. The van der Waals surface area contributed by atoms with E-state index in [4.69, 9.17) is 11.6 Å². The summed E-state index contributed by atoms with van der Waals surface area (Å²) in [6.07, 6.45) is 5.29. The first-order valence-corrected chi connectivity index (χ1v) is 6.90. The van der Waals surface area contributed by atoms with Crippen molar-refractivity contribution in [3.05, 3.63) is 89.0 Å². The molecular weight excluding hydrogens is 252 g/mol. The molecule has 0 spiro atoms. The van der Waals surface area contributed by atoms with Gasteiger partial charge in [0.1, 0.15) is 0 Å². The first-order chi connectivity index (χ1) is 9.36. The fourth-order valence-corrected chi connectivity index (χ4v) is 2.91. The van der Waals surface area contributed by atoms with Crippen molar-refractivity contribution in [3.63, 3.8) is 0 Å². The van der Waals surface area contributed by atoms with Crippen molar-refractivity contribution < 1.29 is 0 Å². The third-order valence-corrected chi connectivity index (χ3v) is 3.85. The third-order valence-electron chi connectivity index (χ3n) is 3.48. The summed E-state index contributed by atoms with van der Waals surface area (Å²) in [7, 11) is 0. The first kappa shape index (κ1) is 12.3. The molecule has 1 unspecified atom stereocenters. The van der Waals surface area contributed by atoms with Gasteiger partial charge in [0.25, 0.3) is 0 Å². The van der Waals surface area contributed by atoms with Crippen LogP contribution in [-0.2, 0) is 0 Å². The Morgan fingerprint density at radius 3 is 2.11 bits per heavy atom. The Morgan fingerprint density at radius 2 is 1.42 bits per heavy atom. The monoisotopic (exact) mass is 266 g/mol. The second-order valence-corrected chi connectivity index (χ2v) is 5.13. The Hall–Kier alpha value is -1.79. The minimum Gasteiger partial charge on any atom is -0.0884 e. The van der Waals surface area contributed by atoms with Crippen molar-refractivity contribution in [3.8, 4) is 0 Å². The number of benzene rings is 2. The Kier molecular flexibility index (Phi) is 3.52. The van der Waals surface area contributed by atoms with Gasteiger partial charge < -0.3 is 0 Å². The topological polar surface area (TPSA) is 0 Å². The first-order valence-electron chi connectivity index (χ1n) is 6.52. The van der Waals surface area contributed by atoms with Crippen molar-refractivity contribution in [1.29, 1.82) is 0 Å². The maximum absolute atomic E-state index is 6.48. The van der Waals surface area contributed by atoms with Crippen LogP contribution in [0.25, 0.3) is 5.57 Å². The number of hydrogen-bond acceptors (Lipinski definition) is 0. The summed E-state index contributed by atoms with van der Waals surface area (Å²) in [6.45, 7) is 0. The maximum atomic E-state index is 6.48. The minimum atomic E-state index is 0.166. The average Bonchev–Trinajstić information content (AvgIpc) is 2.49. The maximum Gasteiger partial charge on any atom is 0.0447 e. The standard InChI is InChI=1S/C18H15Cl/c19-17-13-7-12-16(14-8-3-1-4-9-14)18(17)15-10-5-2-6-11-15/h1-6,8-13,18H,7H2. The van der Waals surface area contributed by atoms with E-state index in [1.807, 2.05) is 12.1 Å². The van der Waals surface area contributed by atoms with Crippen LogP contribution in [0, 0.1) is 0 Å². The van der Waals surface area contributed by atoms with Crippen molar-refractivity contribution in [2.45, 2.75) is 12.3 Å². The van der Waals surface area contributed by atoms with Gasteiger partial charge in [0.2, 0.25) is 0 Å². The van der Waals surface area contributed by atoms with Crippen LogP contribution < -0.4 is 0 Å². The van der Waals surface area contributed by atoms with Gasteiger partial charge in [-0.15, -0.1) is 0 Å². The summed E-state index contributed by atoms with van der Waals surface area (Å²) in [5.41, 5.74) is 3.81. The zero-order valence-corrected chi connectivity index (χ0v) is 11.3. The average molecular weight is 267 g/mol. The van der Waals surface area contributed by atoms with E-state index in [1.165, 1.54) is 16.7 Å². The van der Waals surface area contributed by atoms with Gasteiger partial charge in [-0.3, -0.25) is 0 Å². The highest BCUT2D eigenvalue weighted by Crippen LogP contribution is 2.42. The molecule has 0 bridgehead atoms. The molecule has 2 aromatic rings. The summed E-state index contributed by atoms with van der Waals surface area (Å²) in [5, 5.41) is 0.924. The van der Waals surface area contributed by atoms with E-state index in [0.29, 0.717) is 0 Å². The van der Waals surface area contributed by atoms with Crippen molar-refractivity contribution in [1.82, 2.24) is 0 Å². The molecule has 0 aliphatic heterocycles. The largest absolute Gasteiger partial charge is 0.0884 e. The van der Waals surface area contributed by atoms with Gasteiger partial charge in [-0.05, 0) is 23.1 Å². The van der Waals surface area contributed by atoms with E-state index in [2.05, 4.69) is 60.7 Å². The van der Waals surface area contributed by atoms with Crippen LogP contribution in [-0.4, -0.2) is 0 Å². The molecule has 19 heavy (non-hydrogen) atoms. The molecule has 0 saturated heterocycles. The molecule has 2 aromatic carbocycles. The van der Waals surface area contributed by atoms with E-state index in [1.54, 1.807) is 0 Å². The lowest BCUT2D eigenvalue weighted by Gasteiger charge is -2.24. The van der Waals surface area contributed by atoms with Crippen LogP contribution in [0.1, 0.15) is 23.5 Å². The van der Waals surface area contributed by atoms with Crippen LogP contribution in [0.4, 0.5) is 0 Å². The van der Waals surface area contributed by atoms with Gasteiger partial charge in [0, 0.05) is 11.0 Å². The fourth-order valence-electron chi connectivity index (χ4n) is 2.58. The molecule has 0 aromatic heterocycles. The Bertz CT molecular complexity index is 609. The molecule has 0 saturated carbocycles. The fraction of sp³-hybridized carbons (Fsp3) is 0.111. The molecule has 0 radical (unpaired) electrons. The molecule has 94 valence electrons. The molecule has 1 aliphatic rings. The number of allylic oxidation sites excluding steroid dienone is 4. The molecule has 3 rings (SSSR count). The normalized spacial score (nSPS) is 18.7. The van der Waals surface area contributed by atoms with Crippen LogP contribution >= 0.6 is 11.6 Å². The van der Waals surface area contributed by atoms with Crippen molar-refractivity contribution >= 4 is 17.2 Å². The highest BCUT2D eigenvalue weighted by molar-refractivity contribution is 6.31.